The van der Waals surface area contributed by atoms with E-state index in [2.05, 4.69) is 5.10 Å². The molecule has 0 spiro atoms. The number of carboxylic acid groups (broad SMARTS) is 1. The maximum Gasteiger partial charge on any atom is 0.305 e. The molecule has 1 aromatic heterocycles. The standard InChI is InChI=1S/C10H14ClN3O3/c1-3-14-9(7(11)6-12-14)10(17)13(2)5-4-8(15)16/h6H,3-5H2,1-2H3,(H,15,16). The van der Waals surface area contributed by atoms with Crippen LogP contribution in [0, 0.1) is 0 Å². The summed E-state index contributed by atoms with van der Waals surface area (Å²) in [5.74, 6) is -1.27. The lowest BCUT2D eigenvalue weighted by Gasteiger charge is -2.16. The first-order valence-corrected chi connectivity index (χ1v) is 5.53. The molecule has 1 heterocycles. The summed E-state index contributed by atoms with van der Waals surface area (Å²) >= 11 is 5.88. The number of rotatable bonds is 5. The summed E-state index contributed by atoms with van der Waals surface area (Å²) < 4.78 is 1.49. The van der Waals surface area contributed by atoms with Crippen LogP contribution in [-0.2, 0) is 11.3 Å². The van der Waals surface area contributed by atoms with Gasteiger partial charge in [-0.05, 0) is 6.92 Å². The van der Waals surface area contributed by atoms with Crippen LogP contribution in [0.5, 0.6) is 0 Å². The molecule has 7 heteroatoms. The van der Waals surface area contributed by atoms with Crippen molar-refractivity contribution in [2.24, 2.45) is 0 Å². The number of amides is 1. The average Bonchev–Trinajstić information content (AvgIpc) is 2.66. The summed E-state index contributed by atoms with van der Waals surface area (Å²) in [6, 6.07) is 0. The molecule has 0 radical (unpaired) electrons. The maximum absolute atomic E-state index is 12.0. The minimum absolute atomic E-state index is 0.0971. The maximum atomic E-state index is 12.0. The molecule has 1 N–H and O–H groups in total. The molecule has 0 saturated heterocycles. The number of carboxylic acids is 1. The van der Waals surface area contributed by atoms with Crippen molar-refractivity contribution in [2.75, 3.05) is 13.6 Å². The van der Waals surface area contributed by atoms with Crippen LogP contribution in [0.15, 0.2) is 6.20 Å². The molecule has 0 aromatic carbocycles. The molecule has 1 aromatic rings. The number of carbonyl (C=O) groups is 2. The van der Waals surface area contributed by atoms with Crippen molar-refractivity contribution >= 4 is 23.5 Å². The van der Waals surface area contributed by atoms with Gasteiger partial charge in [-0.2, -0.15) is 5.10 Å². The van der Waals surface area contributed by atoms with Crippen LogP contribution in [0.3, 0.4) is 0 Å². The Kier molecular flexibility index (Phi) is 4.51. The summed E-state index contributed by atoms with van der Waals surface area (Å²) in [6.07, 6.45) is 1.31. The molecular formula is C10H14ClN3O3. The summed E-state index contributed by atoms with van der Waals surface area (Å²) in [5.41, 5.74) is 0.294. The molecule has 1 rings (SSSR count). The highest BCUT2D eigenvalue weighted by Crippen LogP contribution is 2.16. The molecule has 0 bridgehead atoms. The Morgan fingerprint density at radius 3 is 2.76 bits per heavy atom. The lowest BCUT2D eigenvalue weighted by atomic mass is 10.3. The van der Waals surface area contributed by atoms with Crippen LogP contribution in [0.2, 0.25) is 5.02 Å². The number of aromatic nitrogens is 2. The quantitative estimate of drug-likeness (QED) is 0.859. The number of hydrogen-bond acceptors (Lipinski definition) is 3. The van der Waals surface area contributed by atoms with Gasteiger partial charge in [0.25, 0.3) is 5.91 Å². The van der Waals surface area contributed by atoms with Crippen molar-refractivity contribution in [3.05, 3.63) is 16.9 Å². The van der Waals surface area contributed by atoms with Gasteiger partial charge in [-0.15, -0.1) is 0 Å². The molecule has 0 saturated carbocycles. The Balaban J connectivity index is 2.81. The van der Waals surface area contributed by atoms with Crippen LogP contribution in [0.1, 0.15) is 23.8 Å². The Morgan fingerprint density at radius 2 is 2.24 bits per heavy atom. The first-order chi connectivity index (χ1) is 7.97. The lowest BCUT2D eigenvalue weighted by molar-refractivity contribution is -0.137. The largest absolute Gasteiger partial charge is 0.481 e. The Morgan fingerprint density at radius 1 is 1.59 bits per heavy atom. The molecule has 0 fully saturated rings. The fourth-order valence-electron chi connectivity index (χ4n) is 1.36. The van der Waals surface area contributed by atoms with Gasteiger partial charge in [-0.3, -0.25) is 14.3 Å². The van der Waals surface area contributed by atoms with Crippen LogP contribution in [0.25, 0.3) is 0 Å². The highest BCUT2D eigenvalue weighted by Gasteiger charge is 2.20. The van der Waals surface area contributed by atoms with Crippen LogP contribution in [0.4, 0.5) is 0 Å². The first kappa shape index (κ1) is 13.5. The smallest absolute Gasteiger partial charge is 0.305 e. The highest BCUT2D eigenvalue weighted by atomic mass is 35.5. The molecule has 0 unspecified atom stereocenters. The predicted molar refractivity (Wildman–Crippen MR) is 62.1 cm³/mol. The Hall–Kier alpha value is -1.56. The van der Waals surface area contributed by atoms with Gasteiger partial charge in [-0.25, -0.2) is 0 Å². The third-order valence-electron chi connectivity index (χ3n) is 2.30. The molecule has 1 amide bonds. The van der Waals surface area contributed by atoms with E-state index in [1.807, 2.05) is 6.92 Å². The lowest BCUT2D eigenvalue weighted by Crippen LogP contribution is -2.31. The van der Waals surface area contributed by atoms with E-state index in [4.69, 9.17) is 16.7 Å². The summed E-state index contributed by atoms with van der Waals surface area (Å²) in [4.78, 5) is 23.8. The van der Waals surface area contributed by atoms with Gasteiger partial charge in [0, 0.05) is 20.1 Å². The van der Waals surface area contributed by atoms with Gasteiger partial charge in [0.2, 0.25) is 0 Å². The number of aliphatic carboxylic acids is 1. The number of carbonyl (C=O) groups excluding carboxylic acids is 1. The first-order valence-electron chi connectivity index (χ1n) is 5.16. The van der Waals surface area contributed by atoms with E-state index in [-0.39, 0.29) is 23.9 Å². The zero-order chi connectivity index (χ0) is 13.0. The molecule has 6 nitrogen and oxygen atoms in total. The summed E-state index contributed by atoms with van der Waals surface area (Å²) in [6.45, 7) is 2.51. The van der Waals surface area contributed by atoms with Gasteiger partial charge in [0.1, 0.15) is 5.69 Å². The van der Waals surface area contributed by atoms with Gasteiger partial charge in [-0.1, -0.05) is 11.6 Å². The van der Waals surface area contributed by atoms with E-state index in [0.29, 0.717) is 12.2 Å². The van der Waals surface area contributed by atoms with E-state index in [1.165, 1.54) is 22.8 Å². The summed E-state index contributed by atoms with van der Waals surface area (Å²) in [5, 5.41) is 12.8. The molecule has 94 valence electrons. The van der Waals surface area contributed by atoms with E-state index in [9.17, 15) is 9.59 Å². The van der Waals surface area contributed by atoms with Gasteiger partial charge < -0.3 is 10.0 Å². The molecule has 0 aliphatic rings. The van der Waals surface area contributed by atoms with E-state index in [0.717, 1.165) is 0 Å². The number of aryl methyl sites for hydroxylation is 1. The van der Waals surface area contributed by atoms with Crippen LogP contribution >= 0.6 is 11.6 Å². The highest BCUT2D eigenvalue weighted by molar-refractivity contribution is 6.33. The minimum Gasteiger partial charge on any atom is -0.481 e. The molecule has 0 aliphatic heterocycles. The van der Waals surface area contributed by atoms with Gasteiger partial charge in [0.05, 0.1) is 17.6 Å². The molecule has 17 heavy (non-hydrogen) atoms. The topological polar surface area (TPSA) is 75.4 Å². The van der Waals surface area contributed by atoms with Crippen molar-refractivity contribution in [2.45, 2.75) is 19.9 Å². The predicted octanol–water partition coefficient (Wildman–Crippen LogP) is 1.10. The van der Waals surface area contributed by atoms with Crippen molar-refractivity contribution in [1.29, 1.82) is 0 Å². The van der Waals surface area contributed by atoms with Crippen molar-refractivity contribution in [3.8, 4) is 0 Å². The second-order valence-electron chi connectivity index (χ2n) is 3.53. The summed E-state index contributed by atoms with van der Waals surface area (Å²) in [7, 11) is 1.54. The zero-order valence-electron chi connectivity index (χ0n) is 9.68. The Labute approximate surface area is 104 Å². The number of nitrogens with zero attached hydrogens (tertiary/aromatic N) is 3. The van der Waals surface area contributed by atoms with Crippen molar-refractivity contribution in [3.63, 3.8) is 0 Å². The van der Waals surface area contributed by atoms with E-state index < -0.39 is 5.97 Å². The van der Waals surface area contributed by atoms with Crippen molar-refractivity contribution < 1.29 is 14.7 Å². The SMILES string of the molecule is CCn1ncc(Cl)c1C(=O)N(C)CCC(=O)O. The number of halogens is 1. The number of hydrogen-bond donors (Lipinski definition) is 1. The van der Waals surface area contributed by atoms with E-state index >= 15 is 0 Å². The second kappa shape index (κ2) is 5.67. The van der Waals surface area contributed by atoms with E-state index in [1.54, 1.807) is 0 Å². The fraction of sp³-hybridized carbons (Fsp3) is 0.500. The normalized spacial score (nSPS) is 10.3. The third kappa shape index (κ3) is 3.20. The molecule has 0 aliphatic carbocycles. The average molecular weight is 260 g/mol. The van der Waals surface area contributed by atoms with Crippen molar-refractivity contribution in [1.82, 2.24) is 14.7 Å². The molecule has 0 atom stereocenters. The van der Waals surface area contributed by atoms with Gasteiger partial charge in [0.15, 0.2) is 0 Å². The Bertz CT molecular complexity index is 430. The monoisotopic (exact) mass is 259 g/mol. The van der Waals surface area contributed by atoms with Gasteiger partial charge >= 0.3 is 5.97 Å². The van der Waals surface area contributed by atoms with Crippen LogP contribution < -0.4 is 0 Å². The molecular weight excluding hydrogens is 246 g/mol. The van der Waals surface area contributed by atoms with Crippen LogP contribution in [-0.4, -0.2) is 45.3 Å². The minimum atomic E-state index is -0.945. The third-order valence-corrected chi connectivity index (χ3v) is 2.58. The zero-order valence-corrected chi connectivity index (χ0v) is 10.4. The fourth-order valence-corrected chi connectivity index (χ4v) is 1.58. The second-order valence-corrected chi connectivity index (χ2v) is 3.93.